The SMILES string of the molecule is O=C(O)CSCCC1S(=O)(=O)CCCS1(=O)=O. The molecular weight excluding hydrogens is 288 g/mol. The van der Waals surface area contributed by atoms with Gasteiger partial charge in [0.15, 0.2) is 24.3 Å². The Morgan fingerprint density at radius 2 is 1.71 bits per heavy atom. The van der Waals surface area contributed by atoms with Crippen LogP contribution in [-0.4, -0.2) is 55.5 Å². The summed E-state index contributed by atoms with van der Waals surface area (Å²) in [6.07, 6.45) is 0.131. The van der Waals surface area contributed by atoms with Crippen molar-refractivity contribution >= 4 is 37.4 Å². The summed E-state index contributed by atoms with van der Waals surface area (Å²) >= 11 is 1.03. The number of carboxylic acid groups (broad SMARTS) is 1. The average Bonchev–Trinajstić information content (AvgIpc) is 2.13. The third-order valence-electron chi connectivity index (χ3n) is 2.38. The molecule has 1 N–H and O–H groups in total. The van der Waals surface area contributed by atoms with Gasteiger partial charge in [0, 0.05) is 0 Å². The Morgan fingerprint density at radius 3 is 2.18 bits per heavy atom. The van der Waals surface area contributed by atoms with Crippen LogP contribution in [0.4, 0.5) is 0 Å². The van der Waals surface area contributed by atoms with Gasteiger partial charge in [-0.05, 0) is 18.6 Å². The molecule has 0 bridgehead atoms. The molecule has 0 saturated carbocycles. The predicted octanol–water partition coefficient (Wildman–Crippen LogP) is -0.246. The van der Waals surface area contributed by atoms with Gasteiger partial charge in [-0.3, -0.25) is 4.79 Å². The van der Waals surface area contributed by atoms with Crippen molar-refractivity contribution in [3.05, 3.63) is 0 Å². The van der Waals surface area contributed by atoms with Crippen molar-refractivity contribution in [1.29, 1.82) is 0 Å². The fraction of sp³-hybridized carbons (Fsp3) is 0.875. The summed E-state index contributed by atoms with van der Waals surface area (Å²) < 4.78 is 45.1. The first-order chi connectivity index (χ1) is 7.76. The Morgan fingerprint density at radius 1 is 1.18 bits per heavy atom. The maximum Gasteiger partial charge on any atom is 0.313 e. The molecule has 6 nitrogen and oxygen atoms in total. The lowest BCUT2D eigenvalue weighted by molar-refractivity contribution is -0.133. The second kappa shape index (κ2) is 5.57. The standard InChI is InChI=1S/C8H14O6S3/c9-7(10)6-15-3-2-8-16(11,12)4-1-5-17(8,13)14/h8H,1-6H2,(H,9,10). The number of hydrogen-bond acceptors (Lipinski definition) is 6. The molecule has 0 aliphatic carbocycles. The van der Waals surface area contributed by atoms with Gasteiger partial charge in [-0.15, -0.1) is 0 Å². The van der Waals surface area contributed by atoms with E-state index in [9.17, 15) is 21.6 Å². The van der Waals surface area contributed by atoms with E-state index < -0.39 is 30.2 Å². The van der Waals surface area contributed by atoms with Gasteiger partial charge in [0.05, 0.1) is 17.3 Å². The van der Waals surface area contributed by atoms with Gasteiger partial charge >= 0.3 is 5.97 Å². The fourth-order valence-corrected chi connectivity index (χ4v) is 7.79. The van der Waals surface area contributed by atoms with E-state index in [0.29, 0.717) is 0 Å². The highest BCUT2D eigenvalue weighted by molar-refractivity contribution is 8.09. The molecule has 1 aliphatic heterocycles. The zero-order valence-electron chi connectivity index (χ0n) is 9.03. The quantitative estimate of drug-likeness (QED) is 0.698. The summed E-state index contributed by atoms with van der Waals surface area (Å²) in [5.41, 5.74) is 0. The second-order valence-electron chi connectivity index (χ2n) is 3.75. The maximum absolute atomic E-state index is 11.6. The molecule has 100 valence electrons. The molecule has 0 aromatic carbocycles. The predicted molar refractivity (Wildman–Crippen MR) is 65.6 cm³/mol. The van der Waals surface area contributed by atoms with Crippen LogP contribution in [-0.2, 0) is 24.5 Å². The number of hydrogen-bond donors (Lipinski definition) is 1. The van der Waals surface area contributed by atoms with Crippen molar-refractivity contribution in [1.82, 2.24) is 0 Å². The van der Waals surface area contributed by atoms with E-state index in [1.165, 1.54) is 0 Å². The molecule has 0 spiro atoms. The van der Waals surface area contributed by atoms with E-state index in [1.807, 2.05) is 0 Å². The van der Waals surface area contributed by atoms with E-state index in [0.717, 1.165) is 11.8 Å². The minimum atomic E-state index is -3.58. The van der Waals surface area contributed by atoms with Crippen LogP contribution in [0.25, 0.3) is 0 Å². The van der Waals surface area contributed by atoms with Gasteiger partial charge in [-0.25, -0.2) is 16.8 Å². The summed E-state index contributed by atoms with van der Waals surface area (Å²) in [7, 11) is -7.16. The number of thioether (sulfide) groups is 1. The Bertz CT molecular complexity index is 443. The smallest absolute Gasteiger partial charge is 0.313 e. The van der Waals surface area contributed by atoms with E-state index in [-0.39, 0.29) is 35.9 Å². The molecule has 1 rings (SSSR count). The molecule has 17 heavy (non-hydrogen) atoms. The third-order valence-corrected chi connectivity index (χ3v) is 8.91. The van der Waals surface area contributed by atoms with Gasteiger partial charge in [-0.2, -0.15) is 11.8 Å². The number of carboxylic acids is 1. The van der Waals surface area contributed by atoms with Gasteiger partial charge in [0.25, 0.3) is 0 Å². The van der Waals surface area contributed by atoms with Crippen molar-refractivity contribution in [2.24, 2.45) is 0 Å². The lowest BCUT2D eigenvalue weighted by Crippen LogP contribution is -2.39. The lowest BCUT2D eigenvalue weighted by Gasteiger charge is -2.22. The van der Waals surface area contributed by atoms with Crippen LogP contribution in [0.15, 0.2) is 0 Å². The summed E-state index contributed by atoms with van der Waals surface area (Å²) in [6, 6.07) is 0. The number of aliphatic carboxylic acids is 1. The van der Waals surface area contributed by atoms with Crippen LogP contribution in [0.1, 0.15) is 12.8 Å². The fourth-order valence-electron chi connectivity index (χ4n) is 1.65. The minimum Gasteiger partial charge on any atom is -0.481 e. The Balaban J connectivity index is 2.63. The highest BCUT2D eigenvalue weighted by Crippen LogP contribution is 2.24. The van der Waals surface area contributed by atoms with E-state index in [2.05, 4.69) is 0 Å². The molecule has 1 fully saturated rings. The molecule has 0 aromatic heterocycles. The van der Waals surface area contributed by atoms with Crippen LogP contribution in [0, 0.1) is 0 Å². The molecular formula is C8H14O6S3. The van der Waals surface area contributed by atoms with Crippen molar-refractivity contribution in [3.63, 3.8) is 0 Å². The molecule has 0 atom stereocenters. The first-order valence-corrected chi connectivity index (χ1v) is 9.57. The zero-order valence-corrected chi connectivity index (χ0v) is 11.5. The first-order valence-electron chi connectivity index (χ1n) is 4.98. The molecule has 1 aliphatic rings. The molecule has 0 unspecified atom stereocenters. The maximum atomic E-state index is 11.6. The van der Waals surface area contributed by atoms with Crippen LogP contribution in [0.2, 0.25) is 0 Å². The van der Waals surface area contributed by atoms with Gasteiger partial charge in [0.1, 0.15) is 0 Å². The van der Waals surface area contributed by atoms with Gasteiger partial charge < -0.3 is 5.11 Å². The molecule has 0 aromatic rings. The normalized spacial score (nSPS) is 23.3. The Hall–Kier alpha value is -0.280. The van der Waals surface area contributed by atoms with Gasteiger partial charge in [-0.1, -0.05) is 0 Å². The monoisotopic (exact) mass is 302 g/mol. The number of sulfone groups is 2. The summed E-state index contributed by atoms with van der Waals surface area (Å²) in [5, 5.41) is 8.40. The number of carbonyl (C=O) groups is 1. The van der Waals surface area contributed by atoms with Crippen molar-refractivity contribution < 1.29 is 26.7 Å². The third kappa shape index (κ3) is 4.14. The number of rotatable bonds is 5. The second-order valence-corrected chi connectivity index (χ2v) is 9.76. The van der Waals surface area contributed by atoms with E-state index in [4.69, 9.17) is 5.11 Å². The van der Waals surface area contributed by atoms with Crippen molar-refractivity contribution in [2.45, 2.75) is 17.4 Å². The highest BCUT2D eigenvalue weighted by Gasteiger charge is 2.40. The van der Waals surface area contributed by atoms with Crippen LogP contribution in [0.3, 0.4) is 0 Å². The minimum absolute atomic E-state index is 0.0252. The van der Waals surface area contributed by atoms with Crippen LogP contribution in [0.5, 0.6) is 0 Å². The summed E-state index contributed by atoms with van der Waals surface area (Å²) in [6.45, 7) is 0. The lowest BCUT2D eigenvalue weighted by atomic mass is 10.5. The van der Waals surface area contributed by atoms with E-state index in [1.54, 1.807) is 0 Å². The Labute approximate surface area is 105 Å². The molecule has 9 heteroatoms. The van der Waals surface area contributed by atoms with Crippen molar-refractivity contribution in [2.75, 3.05) is 23.0 Å². The summed E-state index contributed by atoms with van der Waals surface area (Å²) in [4.78, 5) is 10.2. The summed E-state index contributed by atoms with van der Waals surface area (Å²) in [5.74, 6) is -1.12. The average molecular weight is 302 g/mol. The Kier molecular flexibility index (Phi) is 4.85. The molecule has 0 amide bonds. The highest BCUT2D eigenvalue weighted by atomic mass is 32.3. The molecule has 0 radical (unpaired) electrons. The van der Waals surface area contributed by atoms with E-state index >= 15 is 0 Å². The largest absolute Gasteiger partial charge is 0.481 e. The van der Waals surface area contributed by atoms with Crippen molar-refractivity contribution in [3.8, 4) is 0 Å². The van der Waals surface area contributed by atoms with Gasteiger partial charge in [0.2, 0.25) is 0 Å². The topological polar surface area (TPSA) is 106 Å². The zero-order chi connectivity index (χ0) is 13.1. The first kappa shape index (κ1) is 14.8. The van der Waals surface area contributed by atoms with Crippen LogP contribution < -0.4 is 0 Å². The molecule has 1 heterocycles. The van der Waals surface area contributed by atoms with Crippen LogP contribution >= 0.6 is 11.8 Å². The molecule has 1 saturated heterocycles.